The van der Waals surface area contributed by atoms with Gasteiger partial charge in [0.2, 0.25) is 0 Å². The van der Waals surface area contributed by atoms with Gasteiger partial charge in [-0.05, 0) is 6.92 Å². The molecule has 2 aromatic rings. The van der Waals surface area contributed by atoms with Gasteiger partial charge in [0.05, 0.1) is 5.51 Å². The molecule has 11 heavy (non-hydrogen) atoms. The van der Waals surface area contributed by atoms with Crippen LogP contribution in [-0.4, -0.2) is 9.97 Å². The first kappa shape index (κ1) is 6.94. The maximum atomic E-state index is 4.32. The van der Waals surface area contributed by atoms with Crippen molar-refractivity contribution in [3.05, 3.63) is 22.0 Å². The standard InChI is InChI=1S/C7H6N2S2/c1-5-2-11-7(9-5)6-3-10-4-8-6/h2-4H,1H3. The average molecular weight is 182 g/mol. The summed E-state index contributed by atoms with van der Waals surface area (Å²) in [5.41, 5.74) is 3.89. The molecule has 4 heteroatoms. The third-order valence-electron chi connectivity index (χ3n) is 1.27. The number of aromatic nitrogens is 2. The van der Waals surface area contributed by atoms with Crippen LogP contribution in [0.25, 0.3) is 10.7 Å². The zero-order valence-electron chi connectivity index (χ0n) is 5.94. The summed E-state index contributed by atoms with van der Waals surface area (Å²) in [7, 11) is 0. The first-order chi connectivity index (χ1) is 5.36. The zero-order valence-corrected chi connectivity index (χ0v) is 7.58. The molecule has 56 valence electrons. The van der Waals surface area contributed by atoms with Crippen molar-refractivity contribution in [2.45, 2.75) is 6.92 Å². The van der Waals surface area contributed by atoms with Crippen molar-refractivity contribution in [3.63, 3.8) is 0 Å². The molecule has 2 rings (SSSR count). The summed E-state index contributed by atoms with van der Waals surface area (Å²) < 4.78 is 0. The molecule has 0 aliphatic carbocycles. The Morgan fingerprint density at radius 3 is 2.82 bits per heavy atom. The molecule has 0 aliphatic heterocycles. The monoisotopic (exact) mass is 182 g/mol. The Bertz CT molecular complexity index is 337. The lowest BCUT2D eigenvalue weighted by Gasteiger charge is -1.83. The number of rotatable bonds is 1. The average Bonchev–Trinajstić information content (AvgIpc) is 2.55. The van der Waals surface area contributed by atoms with E-state index < -0.39 is 0 Å². The molecule has 0 radical (unpaired) electrons. The Labute approximate surface area is 72.6 Å². The fourth-order valence-electron chi connectivity index (χ4n) is 0.790. The van der Waals surface area contributed by atoms with Crippen molar-refractivity contribution in [1.29, 1.82) is 0 Å². The minimum atomic E-state index is 0.994. The van der Waals surface area contributed by atoms with E-state index in [1.807, 2.05) is 23.2 Å². The molecule has 0 N–H and O–H groups in total. The molecular weight excluding hydrogens is 176 g/mol. The smallest absolute Gasteiger partial charge is 0.142 e. The highest BCUT2D eigenvalue weighted by Gasteiger charge is 2.02. The minimum absolute atomic E-state index is 0.994. The lowest BCUT2D eigenvalue weighted by atomic mass is 10.5. The molecule has 2 heterocycles. The zero-order chi connectivity index (χ0) is 7.68. The third kappa shape index (κ3) is 1.32. The second-order valence-corrected chi connectivity index (χ2v) is 3.74. The van der Waals surface area contributed by atoms with E-state index in [1.165, 1.54) is 0 Å². The Morgan fingerprint density at radius 1 is 1.36 bits per heavy atom. The molecule has 0 spiro atoms. The highest BCUT2D eigenvalue weighted by atomic mass is 32.1. The number of thiazole rings is 2. The van der Waals surface area contributed by atoms with E-state index in [1.54, 1.807) is 22.7 Å². The van der Waals surface area contributed by atoms with Crippen LogP contribution in [0.3, 0.4) is 0 Å². The number of aryl methyl sites for hydroxylation is 1. The molecule has 0 aromatic carbocycles. The molecule has 2 aromatic heterocycles. The normalized spacial score (nSPS) is 10.3. The maximum Gasteiger partial charge on any atom is 0.142 e. The maximum absolute atomic E-state index is 4.32. The van der Waals surface area contributed by atoms with E-state index >= 15 is 0 Å². The van der Waals surface area contributed by atoms with Crippen molar-refractivity contribution in [2.75, 3.05) is 0 Å². The Hall–Kier alpha value is -0.740. The van der Waals surface area contributed by atoms with Crippen LogP contribution in [-0.2, 0) is 0 Å². The van der Waals surface area contributed by atoms with Crippen LogP contribution >= 0.6 is 22.7 Å². The van der Waals surface area contributed by atoms with Gasteiger partial charge in [0.15, 0.2) is 0 Å². The van der Waals surface area contributed by atoms with E-state index in [-0.39, 0.29) is 0 Å². The van der Waals surface area contributed by atoms with Crippen LogP contribution in [0.2, 0.25) is 0 Å². The predicted molar refractivity (Wildman–Crippen MR) is 48.0 cm³/mol. The van der Waals surface area contributed by atoms with E-state index in [0.29, 0.717) is 0 Å². The van der Waals surface area contributed by atoms with Crippen LogP contribution < -0.4 is 0 Å². The van der Waals surface area contributed by atoms with Gasteiger partial charge in [0.25, 0.3) is 0 Å². The van der Waals surface area contributed by atoms with Gasteiger partial charge in [-0.3, -0.25) is 0 Å². The summed E-state index contributed by atoms with van der Waals surface area (Å²) >= 11 is 3.24. The van der Waals surface area contributed by atoms with Crippen LogP contribution in [0.5, 0.6) is 0 Å². The number of nitrogens with zero attached hydrogens (tertiary/aromatic N) is 2. The molecular formula is C7H6N2S2. The lowest BCUT2D eigenvalue weighted by molar-refractivity contribution is 1.25. The largest absolute Gasteiger partial charge is 0.242 e. The van der Waals surface area contributed by atoms with Gasteiger partial charge in [-0.15, -0.1) is 22.7 Å². The summed E-state index contributed by atoms with van der Waals surface area (Å²) in [6, 6.07) is 0. The minimum Gasteiger partial charge on any atom is -0.242 e. The Morgan fingerprint density at radius 2 is 2.27 bits per heavy atom. The van der Waals surface area contributed by atoms with Crippen molar-refractivity contribution < 1.29 is 0 Å². The summed E-state index contributed by atoms with van der Waals surface area (Å²) in [6.07, 6.45) is 0. The first-order valence-corrected chi connectivity index (χ1v) is 4.99. The molecule has 0 fully saturated rings. The number of hydrogen-bond donors (Lipinski definition) is 0. The fraction of sp³-hybridized carbons (Fsp3) is 0.143. The van der Waals surface area contributed by atoms with E-state index in [4.69, 9.17) is 0 Å². The molecule has 0 saturated heterocycles. The van der Waals surface area contributed by atoms with Gasteiger partial charge in [0, 0.05) is 16.5 Å². The highest BCUT2D eigenvalue weighted by Crippen LogP contribution is 2.22. The van der Waals surface area contributed by atoms with Crippen molar-refractivity contribution >= 4 is 22.7 Å². The van der Waals surface area contributed by atoms with E-state index in [2.05, 4.69) is 9.97 Å². The van der Waals surface area contributed by atoms with Crippen LogP contribution in [0.15, 0.2) is 16.3 Å². The fourth-order valence-corrected chi connectivity index (χ4v) is 2.16. The second-order valence-electron chi connectivity index (χ2n) is 2.17. The van der Waals surface area contributed by atoms with Crippen molar-refractivity contribution in [3.8, 4) is 10.7 Å². The van der Waals surface area contributed by atoms with Gasteiger partial charge in [-0.1, -0.05) is 0 Å². The molecule has 0 aliphatic rings. The Balaban J connectivity index is 2.45. The second kappa shape index (κ2) is 2.71. The van der Waals surface area contributed by atoms with Gasteiger partial charge >= 0.3 is 0 Å². The van der Waals surface area contributed by atoms with Crippen molar-refractivity contribution in [1.82, 2.24) is 9.97 Å². The third-order valence-corrected chi connectivity index (χ3v) is 2.84. The van der Waals surface area contributed by atoms with Crippen molar-refractivity contribution in [2.24, 2.45) is 0 Å². The van der Waals surface area contributed by atoms with Gasteiger partial charge in [-0.2, -0.15) is 0 Å². The van der Waals surface area contributed by atoms with Crippen LogP contribution in [0, 0.1) is 6.92 Å². The lowest BCUT2D eigenvalue weighted by Crippen LogP contribution is -1.74. The quantitative estimate of drug-likeness (QED) is 0.677. The van der Waals surface area contributed by atoms with E-state index in [9.17, 15) is 0 Å². The SMILES string of the molecule is Cc1csc(-c2cscn2)n1. The molecule has 0 amide bonds. The van der Waals surface area contributed by atoms with Gasteiger partial charge < -0.3 is 0 Å². The Kier molecular flexibility index (Phi) is 1.71. The summed E-state index contributed by atoms with van der Waals surface area (Å²) in [6.45, 7) is 1.99. The van der Waals surface area contributed by atoms with Crippen LogP contribution in [0.4, 0.5) is 0 Å². The molecule has 0 atom stereocenters. The first-order valence-electron chi connectivity index (χ1n) is 3.17. The molecule has 0 saturated carbocycles. The van der Waals surface area contributed by atoms with Gasteiger partial charge in [0.1, 0.15) is 10.7 Å². The predicted octanol–water partition coefficient (Wildman–Crippen LogP) is 2.58. The molecule has 2 nitrogen and oxygen atoms in total. The summed E-state index contributed by atoms with van der Waals surface area (Å²) in [5, 5.41) is 5.07. The highest BCUT2D eigenvalue weighted by molar-refractivity contribution is 7.13. The molecule has 0 bridgehead atoms. The van der Waals surface area contributed by atoms with E-state index in [0.717, 1.165) is 16.4 Å². The molecule has 0 unspecified atom stereocenters. The van der Waals surface area contributed by atoms with Crippen LogP contribution in [0.1, 0.15) is 5.69 Å². The number of hydrogen-bond acceptors (Lipinski definition) is 4. The summed E-state index contributed by atoms with van der Waals surface area (Å²) in [5.74, 6) is 0. The topological polar surface area (TPSA) is 25.8 Å². The summed E-state index contributed by atoms with van der Waals surface area (Å²) in [4.78, 5) is 8.48. The van der Waals surface area contributed by atoms with Gasteiger partial charge in [-0.25, -0.2) is 9.97 Å².